The van der Waals surface area contributed by atoms with E-state index >= 15 is 0 Å². The van der Waals surface area contributed by atoms with Gasteiger partial charge in [0.2, 0.25) is 0 Å². The molecule has 45 heavy (non-hydrogen) atoms. The number of rotatable bonds is 7. The summed E-state index contributed by atoms with van der Waals surface area (Å²) < 4.78 is 2.30. The van der Waals surface area contributed by atoms with E-state index in [1.165, 1.54) is 65.7 Å². The average molecular weight is 580 g/mol. The minimum absolute atomic E-state index is 0.939. The molecule has 0 radical (unpaired) electrons. The van der Waals surface area contributed by atoms with Gasteiger partial charge in [0.15, 0.2) is 0 Å². The van der Waals surface area contributed by atoms with Crippen LogP contribution in [0.5, 0.6) is 0 Å². The molecule has 0 saturated carbocycles. The molecule has 7 rings (SSSR count). The fraction of sp³-hybridized carbons (Fsp3) is 0.0909. The van der Waals surface area contributed by atoms with E-state index < -0.39 is 0 Å². The summed E-state index contributed by atoms with van der Waals surface area (Å²) in [7, 11) is 0. The maximum absolute atomic E-state index is 4.49. The van der Waals surface area contributed by atoms with Crippen LogP contribution in [-0.2, 0) is 6.42 Å². The highest BCUT2D eigenvalue weighted by atomic mass is 15.0. The summed E-state index contributed by atoms with van der Waals surface area (Å²) in [6.07, 6.45) is 13.6. The molecule has 0 bridgehead atoms. The smallest absolute Gasteiger partial charge is 0.0547 e. The molecule has 218 valence electrons. The van der Waals surface area contributed by atoms with E-state index in [9.17, 15) is 0 Å². The van der Waals surface area contributed by atoms with Gasteiger partial charge in [-0.15, -0.1) is 0 Å². The second-order valence-corrected chi connectivity index (χ2v) is 11.5. The maximum atomic E-state index is 4.49. The molecule has 7 aromatic rings. The van der Waals surface area contributed by atoms with E-state index in [1.54, 1.807) is 0 Å². The van der Waals surface area contributed by atoms with Crippen molar-refractivity contribution in [3.05, 3.63) is 157 Å². The highest BCUT2D eigenvalue weighted by Crippen LogP contribution is 2.48. The lowest BCUT2D eigenvalue weighted by Crippen LogP contribution is -1.96. The molecule has 0 spiro atoms. The van der Waals surface area contributed by atoms with Crippen LogP contribution in [-0.4, -0.2) is 4.57 Å². The van der Waals surface area contributed by atoms with Crippen LogP contribution in [0.3, 0.4) is 0 Å². The van der Waals surface area contributed by atoms with Crippen molar-refractivity contribution in [2.45, 2.75) is 27.2 Å². The minimum atomic E-state index is 0.939. The number of nitrogens with zero attached hydrogens (tertiary/aromatic N) is 1. The summed E-state index contributed by atoms with van der Waals surface area (Å²) in [5.41, 5.74) is 11.1. The predicted molar refractivity (Wildman–Crippen MR) is 199 cm³/mol. The molecule has 0 fully saturated rings. The molecule has 0 amide bonds. The van der Waals surface area contributed by atoms with Crippen molar-refractivity contribution < 1.29 is 0 Å². The third-order valence-corrected chi connectivity index (χ3v) is 8.96. The Morgan fingerprint density at radius 3 is 1.78 bits per heavy atom. The average Bonchev–Trinajstić information content (AvgIpc) is 3.42. The Bertz CT molecular complexity index is 2280. The summed E-state index contributed by atoms with van der Waals surface area (Å²) in [5.74, 6) is 0. The topological polar surface area (TPSA) is 4.93 Å². The van der Waals surface area contributed by atoms with E-state index in [4.69, 9.17) is 0 Å². The Kier molecular flexibility index (Phi) is 7.53. The van der Waals surface area contributed by atoms with E-state index in [-0.39, 0.29) is 0 Å². The molecule has 1 nitrogen and oxygen atoms in total. The van der Waals surface area contributed by atoms with Crippen LogP contribution in [0, 0.1) is 0 Å². The van der Waals surface area contributed by atoms with Crippen molar-refractivity contribution >= 4 is 55.1 Å². The first kappa shape index (κ1) is 28.4. The summed E-state index contributed by atoms with van der Waals surface area (Å²) in [6, 6.07) is 40.1. The van der Waals surface area contributed by atoms with E-state index in [2.05, 4.69) is 158 Å². The minimum Gasteiger partial charge on any atom is -0.310 e. The first-order valence-electron chi connectivity index (χ1n) is 15.9. The second kappa shape index (κ2) is 11.9. The monoisotopic (exact) mass is 579 g/mol. The number of aromatic nitrogens is 1. The zero-order chi connectivity index (χ0) is 30.9. The Morgan fingerprint density at radius 1 is 0.600 bits per heavy atom. The first-order chi connectivity index (χ1) is 22.2. The number of benzene rings is 6. The van der Waals surface area contributed by atoms with Gasteiger partial charge in [0.05, 0.1) is 11.0 Å². The lowest BCUT2D eigenvalue weighted by Gasteiger charge is -2.20. The van der Waals surface area contributed by atoms with Gasteiger partial charge in [-0.05, 0) is 93.4 Å². The Morgan fingerprint density at radius 2 is 1.16 bits per heavy atom. The Labute approximate surface area is 265 Å². The normalized spacial score (nSPS) is 12.2. The van der Waals surface area contributed by atoms with Crippen LogP contribution in [0.15, 0.2) is 146 Å². The molecule has 0 unspecified atom stereocenters. The van der Waals surface area contributed by atoms with Gasteiger partial charge in [-0.2, -0.15) is 0 Å². The van der Waals surface area contributed by atoms with Crippen LogP contribution < -0.4 is 0 Å². The van der Waals surface area contributed by atoms with Crippen LogP contribution in [0.4, 0.5) is 0 Å². The Hall–Kier alpha value is -5.40. The summed E-state index contributed by atoms with van der Waals surface area (Å²) in [6.45, 7) is 10.9. The zero-order valence-corrected chi connectivity index (χ0v) is 26.2. The van der Waals surface area contributed by atoms with Crippen LogP contribution in [0.2, 0.25) is 0 Å². The number of allylic oxidation sites excluding steroid dienone is 6. The third kappa shape index (κ3) is 4.64. The maximum Gasteiger partial charge on any atom is 0.0547 e. The molecular formula is C44H37N. The Balaban J connectivity index is 1.62. The third-order valence-electron chi connectivity index (χ3n) is 8.96. The van der Waals surface area contributed by atoms with Crippen molar-refractivity contribution in [1.82, 2.24) is 4.57 Å². The fourth-order valence-corrected chi connectivity index (χ4v) is 7.17. The van der Waals surface area contributed by atoms with Crippen molar-refractivity contribution in [1.29, 1.82) is 0 Å². The summed E-state index contributed by atoms with van der Waals surface area (Å²) >= 11 is 0. The van der Waals surface area contributed by atoms with Crippen molar-refractivity contribution in [3.8, 4) is 22.3 Å². The van der Waals surface area contributed by atoms with Crippen molar-refractivity contribution in [2.24, 2.45) is 0 Å². The molecule has 6 aromatic carbocycles. The van der Waals surface area contributed by atoms with Gasteiger partial charge >= 0.3 is 0 Å². The van der Waals surface area contributed by atoms with Crippen LogP contribution in [0.1, 0.15) is 31.9 Å². The largest absolute Gasteiger partial charge is 0.310 e. The van der Waals surface area contributed by atoms with Gasteiger partial charge in [0.25, 0.3) is 0 Å². The van der Waals surface area contributed by atoms with E-state index in [0.717, 1.165) is 23.2 Å². The second-order valence-electron chi connectivity index (χ2n) is 11.5. The molecule has 0 aliphatic carbocycles. The highest BCUT2D eigenvalue weighted by Gasteiger charge is 2.22. The quantitative estimate of drug-likeness (QED) is 0.131. The van der Waals surface area contributed by atoms with Gasteiger partial charge in [-0.1, -0.05) is 141 Å². The van der Waals surface area contributed by atoms with Crippen LogP contribution in [0.25, 0.3) is 77.4 Å². The molecule has 1 aromatic heterocycles. The van der Waals surface area contributed by atoms with Gasteiger partial charge in [0, 0.05) is 16.5 Å². The lowest BCUT2D eigenvalue weighted by molar-refractivity contribution is 1.14. The highest BCUT2D eigenvalue weighted by molar-refractivity contribution is 6.26. The van der Waals surface area contributed by atoms with Gasteiger partial charge in [-0.25, -0.2) is 0 Å². The molecule has 0 aliphatic heterocycles. The SMILES string of the molecule is C=C(/C=C\C=C/C)n1c2ccccc2c2c(-c3c4ccccc4c(-c4cccc(/C=C\C)c4CC)c4ccccc34)cccc21. The number of hydrogen-bond acceptors (Lipinski definition) is 0. The van der Waals surface area contributed by atoms with Gasteiger partial charge in [0.1, 0.15) is 0 Å². The van der Waals surface area contributed by atoms with E-state index in [0.29, 0.717) is 0 Å². The predicted octanol–water partition coefficient (Wildman–Crippen LogP) is 12.6. The summed E-state index contributed by atoms with van der Waals surface area (Å²) in [5, 5.41) is 7.56. The van der Waals surface area contributed by atoms with Crippen molar-refractivity contribution in [3.63, 3.8) is 0 Å². The fourth-order valence-electron chi connectivity index (χ4n) is 7.17. The number of fused-ring (bicyclic) bond motifs is 5. The van der Waals surface area contributed by atoms with Gasteiger partial charge in [-0.3, -0.25) is 0 Å². The molecule has 0 N–H and O–H groups in total. The number of hydrogen-bond donors (Lipinski definition) is 0. The zero-order valence-electron chi connectivity index (χ0n) is 26.2. The van der Waals surface area contributed by atoms with Gasteiger partial charge < -0.3 is 4.57 Å². The molecule has 0 aliphatic rings. The molecule has 1 heterocycles. The number of para-hydroxylation sites is 1. The first-order valence-corrected chi connectivity index (χ1v) is 15.9. The summed E-state index contributed by atoms with van der Waals surface area (Å²) in [4.78, 5) is 0. The molecular weight excluding hydrogens is 542 g/mol. The standard InChI is InChI=1S/C44H37N/c1-5-8-9-19-30(4)45-40-28-15-14-25-38(40)44-39(27-17-29-41(44)45)43-36-23-12-10-21-34(36)42(35-22-11-13-24-37(35)43)33-26-16-20-31(18-6-2)32(33)7-3/h5-6,8-29H,4,7H2,1-3H3/b8-5-,18-6-,19-9-. The molecule has 0 saturated heterocycles. The van der Waals surface area contributed by atoms with E-state index in [1.807, 2.05) is 19.1 Å². The lowest BCUT2D eigenvalue weighted by atomic mass is 9.83. The van der Waals surface area contributed by atoms with Crippen molar-refractivity contribution in [2.75, 3.05) is 0 Å². The molecule has 1 heteroatoms. The van der Waals surface area contributed by atoms with Crippen LogP contribution >= 0.6 is 0 Å². The molecule has 0 atom stereocenters.